The first-order valence-corrected chi connectivity index (χ1v) is 7.23. The molecule has 0 radical (unpaired) electrons. The van der Waals surface area contributed by atoms with Crippen LogP contribution in [0, 0.1) is 11.8 Å². The Morgan fingerprint density at radius 3 is 2.78 bits per heavy atom. The predicted molar refractivity (Wildman–Crippen MR) is 73.3 cm³/mol. The van der Waals surface area contributed by atoms with Crippen LogP contribution in [0.15, 0.2) is 0 Å². The molecular weight excluding hydrogens is 228 g/mol. The van der Waals surface area contributed by atoms with Crippen molar-refractivity contribution in [3.05, 3.63) is 0 Å². The maximum Gasteiger partial charge on any atom is 0.237 e. The molecule has 1 aliphatic rings. The van der Waals surface area contributed by atoms with Gasteiger partial charge in [0, 0.05) is 12.6 Å². The van der Waals surface area contributed by atoms with Gasteiger partial charge < -0.3 is 15.7 Å². The van der Waals surface area contributed by atoms with Crippen LogP contribution in [-0.4, -0.2) is 36.2 Å². The van der Waals surface area contributed by atoms with Gasteiger partial charge in [0.05, 0.1) is 6.04 Å². The lowest BCUT2D eigenvalue weighted by atomic mass is 9.89. The summed E-state index contributed by atoms with van der Waals surface area (Å²) >= 11 is 0. The number of piperidine rings is 1. The van der Waals surface area contributed by atoms with E-state index in [1.807, 2.05) is 0 Å². The van der Waals surface area contributed by atoms with Crippen molar-refractivity contribution in [3.63, 3.8) is 0 Å². The molecule has 1 rings (SSSR count). The van der Waals surface area contributed by atoms with E-state index >= 15 is 0 Å². The van der Waals surface area contributed by atoms with E-state index in [0.29, 0.717) is 18.3 Å². The number of rotatable bonds is 6. The summed E-state index contributed by atoms with van der Waals surface area (Å²) in [6.07, 6.45) is 3.89. The van der Waals surface area contributed by atoms with E-state index in [2.05, 4.69) is 31.4 Å². The number of carbonyl (C=O) groups is 1. The van der Waals surface area contributed by atoms with Crippen LogP contribution >= 0.6 is 0 Å². The standard InChI is InChI=1S/C14H28N2O2/c1-4-11-5-7-15-13(9-11)14(18)16-12(6-8-17)10(2)3/h10-13,15,17H,4-9H2,1-3H3,(H,16,18). The molecule has 0 bridgehead atoms. The zero-order valence-corrected chi connectivity index (χ0v) is 11.9. The lowest BCUT2D eigenvalue weighted by molar-refractivity contribution is -0.125. The second-order valence-corrected chi connectivity index (χ2v) is 5.68. The summed E-state index contributed by atoms with van der Waals surface area (Å²) < 4.78 is 0. The highest BCUT2D eigenvalue weighted by Crippen LogP contribution is 2.19. The van der Waals surface area contributed by atoms with E-state index in [-0.39, 0.29) is 24.6 Å². The van der Waals surface area contributed by atoms with Gasteiger partial charge in [-0.2, -0.15) is 0 Å². The lowest BCUT2D eigenvalue weighted by Crippen LogP contribution is -2.52. The SMILES string of the molecule is CCC1CCNC(C(=O)NC(CCO)C(C)C)C1. The van der Waals surface area contributed by atoms with Crippen molar-refractivity contribution in [1.29, 1.82) is 0 Å². The van der Waals surface area contributed by atoms with Crippen molar-refractivity contribution in [2.45, 2.75) is 58.5 Å². The second kappa shape index (κ2) is 7.74. The molecule has 1 heterocycles. The highest BCUT2D eigenvalue weighted by Gasteiger charge is 2.27. The zero-order valence-electron chi connectivity index (χ0n) is 11.9. The van der Waals surface area contributed by atoms with Gasteiger partial charge in [0.1, 0.15) is 0 Å². The third kappa shape index (κ3) is 4.58. The topological polar surface area (TPSA) is 61.4 Å². The summed E-state index contributed by atoms with van der Waals surface area (Å²) in [6, 6.07) is 0.0231. The highest BCUT2D eigenvalue weighted by molar-refractivity contribution is 5.82. The Morgan fingerprint density at radius 2 is 2.22 bits per heavy atom. The third-order valence-electron chi connectivity index (χ3n) is 3.98. The maximum absolute atomic E-state index is 12.2. The van der Waals surface area contributed by atoms with Gasteiger partial charge in [0.15, 0.2) is 0 Å². The molecule has 18 heavy (non-hydrogen) atoms. The average molecular weight is 256 g/mol. The largest absolute Gasteiger partial charge is 0.396 e. The Balaban J connectivity index is 2.47. The molecule has 0 aliphatic carbocycles. The van der Waals surface area contributed by atoms with E-state index in [4.69, 9.17) is 5.11 Å². The van der Waals surface area contributed by atoms with Crippen LogP contribution < -0.4 is 10.6 Å². The molecule has 0 spiro atoms. The van der Waals surface area contributed by atoms with Gasteiger partial charge in [0.25, 0.3) is 0 Å². The molecule has 0 aromatic carbocycles. The first kappa shape index (κ1) is 15.4. The Kier molecular flexibility index (Phi) is 6.65. The monoisotopic (exact) mass is 256 g/mol. The van der Waals surface area contributed by atoms with Crippen LogP contribution in [0.3, 0.4) is 0 Å². The van der Waals surface area contributed by atoms with Gasteiger partial charge in [-0.15, -0.1) is 0 Å². The van der Waals surface area contributed by atoms with Crippen LogP contribution in [0.2, 0.25) is 0 Å². The summed E-state index contributed by atoms with van der Waals surface area (Å²) in [4.78, 5) is 12.2. The number of hydrogen-bond donors (Lipinski definition) is 3. The fourth-order valence-corrected chi connectivity index (χ4v) is 2.56. The summed E-state index contributed by atoms with van der Waals surface area (Å²) in [7, 11) is 0. The molecule has 1 saturated heterocycles. The van der Waals surface area contributed by atoms with Crippen molar-refractivity contribution in [2.75, 3.05) is 13.2 Å². The molecular formula is C14H28N2O2. The third-order valence-corrected chi connectivity index (χ3v) is 3.98. The average Bonchev–Trinajstić information content (AvgIpc) is 2.38. The van der Waals surface area contributed by atoms with Gasteiger partial charge in [-0.3, -0.25) is 4.79 Å². The molecule has 3 atom stereocenters. The van der Waals surface area contributed by atoms with E-state index in [1.54, 1.807) is 0 Å². The van der Waals surface area contributed by atoms with Crippen LogP contribution in [0.1, 0.15) is 46.5 Å². The van der Waals surface area contributed by atoms with E-state index in [9.17, 15) is 4.79 Å². The number of carbonyl (C=O) groups excluding carboxylic acids is 1. The van der Waals surface area contributed by atoms with E-state index in [1.165, 1.54) is 6.42 Å². The van der Waals surface area contributed by atoms with Gasteiger partial charge >= 0.3 is 0 Å². The molecule has 1 fully saturated rings. The number of aliphatic hydroxyl groups is 1. The van der Waals surface area contributed by atoms with Crippen molar-refractivity contribution < 1.29 is 9.90 Å². The lowest BCUT2D eigenvalue weighted by Gasteiger charge is -2.31. The fourth-order valence-electron chi connectivity index (χ4n) is 2.56. The number of hydrogen-bond acceptors (Lipinski definition) is 3. The summed E-state index contributed by atoms with van der Waals surface area (Å²) in [5.74, 6) is 1.12. The Bertz CT molecular complexity index is 256. The Labute approximate surface area is 111 Å². The van der Waals surface area contributed by atoms with Crippen molar-refractivity contribution in [2.24, 2.45) is 11.8 Å². The smallest absolute Gasteiger partial charge is 0.237 e. The molecule has 4 nitrogen and oxygen atoms in total. The maximum atomic E-state index is 12.2. The minimum atomic E-state index is -0.0522. The van der Waals surface area contributed by atoms with Gasteiger partial charge in [-0.25, -0.2) is 0 Å². The number of nitrogens with one attached hydrogen (secondary N) is 2. The van der Waals surface area contributed by atoms with Gasteiger partial charge in [0.2, 0.25) is 5.91 Å². The predicted octanol–water partition coefficient (Wildman–Crippen LogP) is 1.29. The van der Waals surface area contributed by atoms with Crippen molar-refractivity contribution in [3.8, 4) is 0 Å². The van der Waals surface area contributed by atoms with E-state index < -0.39 is 0 Å². The van der Waals surface area contributed by atoms with Crippen LogP contribution in [0.4, 0.5) is 0 Å². The molecule has 106 valence electrons. The summed E-state index contributed by atoms with van der Waals surface area (Å²) in [5, 5.41) is 15.4. The number of aliphatic hydroxyl groups excluding tert-OH is 1. The minimum absolute atomic E-state index is 0.0522. The zero-order chi connectivity index (χ0) is 13.5. The molecule has 3 N–H and O–H groups in total. The molecule has 0 saturated carbocycles. The number of amides is 1. The molecule has 0 aromatic rings. The normalized spacial score (nSPS) is 26.1. The Hall–Kier alpha value is -0.610. The van der Waals surface area contributed by atoms with Crippen LogP contribution in [0.25, 0.3) is 0 Å². The second-order valence-electron chi connectivity index (χ2n) is 5.68. The molecule has 4 heteroatoms. The van der Waals surface area contributed by atoms with Crippen LogP contribution in [-0.2, 0) is 4.79 Å². The molecule has 0 aromatic heterocycles. The minimum Gasteiger partial charge on any atom is -0.396 e. The van der Waals surface area contributed by atoms with Crippen molar-refractivity contribution >= 4 is 5.91 Å². The molecule has 1 amide bonds. The Morgan fingerprint density at radius 1 is 1.50 bits per heavy atom. The first-order chi connectivity index (χ1) is 8.58. The highest BCUT2D eigenvalue weighted by atomic mass is 16.3. The van der Waals surface area contributed by atoms with Crippen molar-refractivity contribution in [1.82, 2.24) is 10.6 Å². The van der Waals surface area contributed by atoms with Gasteiger partial charge in [-0.05, 0) is 37.6 Å². The quantitative estimate of drug-likeness (QED) is 0.671. The van der Waals surface area contributed by atoms with Crippen LogP contribution in [0.5, 0.6) is 0 Å². The molecule has 1 aliphatic heterocycles. The molecule has 3 unspecified atom stereocenters. The van der Waals surface area contributed by atoms with Gasteiger partial charge in [-0.1, -0.05) is 27.2 Å². The summed E-state index contributed by atoms with van der Waals surface area (Å²) in [5.41, 5.74) is 0. The fraction of sp³-hybridized carbons (Fsp3) is 0.929. The van der Waals surface area contributed by atoms with E-state index in [0.717, 1.165) is 19.4 Å². The first-order valence-electron chi connectivity index (χ1n) is 7.23. The summed E-state index contributed by atoms with van der Waals surface area (Å²) in [6.45, 7) is 7.39.